The van der Waals surface area contributed by atoms with Crippen molar-refractivity contribution in [3.05, 3.63) is 46.5 Å². The van der Waals surface area contributed by atoms with Crippen LogP contribution in [0.3, 0.4) is 0 Å². The van der Waals surface area contributed by atoms with E-state index in [9.17, 15) is 4.79 Å². The molecule has 0 saturated carbocycles. The van der Waals surface area contributed by atoms with Crippen LogP contribution in [0.25, 0.3) is 0 Å². The molecule has 22 heavy (non-hydrogen) atoms. The average molecular weight is 321 g/mol. The molecule has 5 nitrogen and oxygen atoms in total. The Morgan fingerprint density at radius 1 is 1.41 bits per heavy atom. The molecule has 0 spiro atoms. The topological polar surface area (TPSA) is 59.8 Å². The Morgan fingerprint density at radius 3 is 2.77 bits per heavy atom. The zero-order valence-electron chi connectivity index (χ0n) is 13.1. The maximum atomic E-state index is 12.0. The third-order valence-electron chi connectivity index (χ3n) is 3.49. The lowest BCUT2D eigenvalue weighted by atomic mass is 10.1. The van der Waals surface area contributed by atoms with Crippen LogP contribution in [0.2, 0.25) is 5.02 Å². The number of aryl methyl sites for hydroxylation is 2. The van der Waals surface area contributed by atoms with Crippen LogP contribution >= 0.6 is 11.6 Å². The standard InChI is InChI=1S/C16H21ClN4O/c1-11(10-14-6-4-5-8-18-14)19-15(22)7-9-21-13(3)16(17)12(2)20-21/h4-6,8,11H,7,9-10H2,1-3H3,(H,19,22)/t11-/m0/s1. The zero-order valence-corrected chi connectivity index (χ0v) is 13.9. The lowest BCUT2D eigenvalue weighted by Gasteiger charge is -2.13. The van der Waals surface area contributed by atoms with Crippen LogP contribution in [0.4, 0.5) is 0 Å². The van der Waals surface area contributed by atoms with Crippen molar-refractivity contribution in [3.8, 4) is 0 Å². The van der Waals surface area contributed by atoms with Gasteiger partial charge < -0.3 is 5.32 Å². The SMILES string of the molecule is Cc1nn(CCC(=O)N[C@@H](C)Cc2ccccn2)c(C)c1Cl. The molecule has 2 rings (SSSR count). The van der Waals surface area contributed by atoms with Crippen molar-refractivity contribution in [1.82, 2.24) is 20.1 Å². The van der Waals surface area contributed by atoms with Crippen LogP contribution in [0, 0.1) is 13.8 Å². The molecule has 0 aliphatic carbocycles. The predicted octanol–water partition coefficient (Wildman–Crippen LogP) is 2.69. The molecule has 6 heteroatoms. The first kappa shape index (κ1) is 16.5. The molecule has 0 aliphatic heterocycles. The molecule has 2 heterocycles. The summed E-state index contributed by atoms with van der Waals surface area (Å²) in [6.07, 6.45) is 2.86. The molecule has 0 saturated heterocycles. The number of halogens is 1. The molecule has 2 aromatic rings. The molecule has 0 aliphatic rings. The summed E-state index contributed by atoms with van der Waals surface area (Å²) in [5.74, 6) is 0.00658. The number of hydrogen-bond acceptors (Lipinski definition) is 3. The highest BCUT2D eigenvalue weighted by atomic mass is 35.5. The van der Waals surface area contributed by atoms with Gasteiger partial charge in [0.1, 0.15) is 0 Å². The van der Waals surface area contributed by atoms with Crippen LogP contribution < -0.4 is 5.32 Å². The normalized spacial score (nSPS) is 12.2. The van der Waals surface area contributed by atoms with E-state index in [0.717, 1.165) is 23.5 Å². The summed E-state index contributed by atoms with van der Waals surface area (Å²) in [5, 5.41) is 7.98. The second kappa shape index (κ2) is 7.40. The van der Waals surface area contributed by atoms with Gasteiger partial charge in [0.2, 0.25) is 5.91 Å². The van der Waals surface area contributed by atoms with Crippen molar-refractivity contribution in [3.63, 3.8) is 0 Å². The summed E-state index contributed by atoms with van der Waals surface area (Å²) in [6.45, 7) is 6.28. The summed E-state index contributed by atoms with van der Waals surface area (Å²) >= 11 is 6.10. The molecule has 0 radical (unpaired) electrons. The largest absolute Gasteiger partial charge is 0.353 e. The summed E-state index contributed by atoms with van der Waals surface area (Å²) < 4.78 is 1.78. The predicted molar refractivity (Wildman–Crippen MR) is 86.9 cm³/mol. The summed E-state index contributed by atoms with van der Waals surface area (Å²) in [4.78, 5) is 16.3. The highest BCUT2D eigenvalue weighted by molar-refractivity contribution is 6.31. The van der Waals surface area contributed by atoms with E-state index in [0.29, 0.717) is 18.0 Å². The van der Waals surface area contributed by atoms with Gasteiger partial charge in [-0.3, -0.25) is 14.5 Å². The number of pyridine rings is 1. The fourth-order valence-corrected chi connectivity index (χ4v) is 2.47. The molecule has 0 fully saturated rings. The number of carbonyl (C=O) groups excluding carboxylic acids is 1. The second-order valence-corrected chi connectivity index (χ2v) is 5.83. The summed E-state index contributed by atoms with van der Waals surface area (Å²) in [6, 6.07) is 5.84. The van der Waals surface area contributed by atoms with E-state index >= 15 is 0 Å². The van der Waals surface area contributed by atoms with E-state index in [1.54, 1.807) is 10.9 Å². The van der Waals surface area contributed by atoms with Crippen molar-refractivity contribution in [2.45, 2.75) is 46.2 Å². The molecule has 1 amide bonds. The zero-order chi connectivity index (χ0) is 16.1. The van der Waals surface area contributed by atoms with Crippen LogP contribution in [0.5, 0.6) is 0 Å². The van der Waals surface area contributed by atoms with E-state index < -0.39 is 0 Å². The van der Waals surface area contributed by atoms with Gasteiger partial charge in [0.15, 0.2) is 0 Å². The maximum absolute atomic E-state index is 12.0. The van der Waals surface area contributed by atoms with Gasteiger partial charge in [0.05, 0.1) is 23.0 Å². The van der Waals surface area contributed by atoms with Crippen LogP contribution in [-0.4, -0.2) is 26.7 Å². The summed E-state index contributed by atoms with van der Waals surface area (Å²) in [7, 11) is 0. The Balaban J connectivity index is 1.81. The second-order valence-electron chi connectivity index (χ2n) is 5.45. The fourth-order valence-electron chi connectivity index (χ4n) is 2.33. The van der Waals surface area contributed by atoms with Crippen molar-refractivity contribution >= 4 is 17.5 Å². The molecule has 118 valence electrons. The Hall–Kier alpha value is -1.88. The molecule has 1 N–H and O–H groups in total. The molecular weight excluding hydrogens is 300 g/mol. The van der Waals surface area contributed by atoms with E-state index in [-0.39, 0.29) is 11.9 Å². The van der Waals surface area contributed by atoms with Gasteiger partial charge in [-0.2, -0.15) is 5.10 Å². The molecule has 1 atom stereocenters. The van der Waals surface area contributed by atoms with Gasteiger partial charge in [-0.1, -0.05) is 17.7 Å². The first-order chi connectivity index (χ1) is 10.5. The van der Waals surface area contributed by atoms with Gasteiger partial charge in [-0.25, -0.2) is 0 Å². The third-order valence-corrected chi connectivity index (χ3v) is 4.04. The van der Waals surface area contributed by atoms with Gasteiger partial charge >= 0.3 is 0 Å². The Kier molecular flexibility index (Phi) is 5.55. The van der Waals surface area contributed by atoms with Crippen molar-refractivity contribution in [2.75, 3.05) is 0 Å². The van der Waals surface area contributed by atoms with Gasteiger partial charge in [0, 0.05) is 30.8 Å². The molecule has 0 bridgehead atoms. The lowest BCUT2D eigenvalue weighted by molar-refractivity contribution is -0.121. The molecule has 2 aromatic heterocycles. The minimum absolute atomic E-state index is 0.00658. The Bertz CT molecular complexity index is 639. The number of rotatable bonds is 6. The third kappa shape index (κ3) is 4.31. The van der Waals surface area contributed by atoms with Crippen molar-refractivity contribution < 1.29 is 4.79 Å². The smallest absolute Gasteiger partial charge is 0.222 e. The monoisotopic (exact) mass is 320 g/mol. The quantitative estimate of drug-likeness (QED) is 0.890. The van der Waals surface area contributed by atoms with E-state index in [1.807, 2.05) is 39.0 Å². The number of amides is 1. The minimum Gasteiger partial charge on any atom is -0.353 e. The minimum atomic E-state index is 0.00658. The maximum Gasteiger partial charge on any atom is 0.222 e. The highest BCUT2D eigenvalue weighted by Crippen LogP contribution is 2.18. The molecular formula is C16H21ClN4O. The van der Waals surface area contributed by atoms with E-state index in [4.69, 9.17) is 11.6 Å². The van der Waals surface area contributed by atoms with Crippen LogP contribution in [-0.2, 0) is 17.8 Å². The fraction of sp³-hybridized carbons (Fsp3) is 0.438. The Labute approximate surface area is 135 Å². The number of nitrogens with one attached hydrogen (secondary N) is 1. The molecule has 0 aromatic carbocycles. The lowest BCUT2D eigenvalue weighted by Crippen LogP contribution is -2.34. The van der Waals surface area contributed by atoms with Gasteiger partial charge in [-0.05, 0) is 32.9 Å². The number of aromatic nitrogens is 3. The van der Waals surface area contributed by atoms with E-state index in [2.05, 4.69) is 15.4 Å². The summed E-state index contributed by atoms with van der Waals surface area (Å²) in [5.41, 5.74) is 2.66. The Morgan fingerprint density at radius 2 is 2.18 bits per heavy atom. The van der Waals surface area contributed by atoms with Gasteiger partial charge in [0.25, 0.3) is 0 Å². The van der Waals surface area contributed by atoms with Crippen LogP contribution in [0.1, 0.15) is 30.4 Å². The van der Waals surface area contributed by atoms with E-state index in [1.165, 1.54) is 0 Å². The van der Waals surface area contributed by atoms with Crippen molar-refractivity contribution in [2.24, 2.45) is 0 Å². The highest BCUT2D eigenvalue weighted by Gasteiger charge is 2.12. The number of carbonyl (C=O) groups is 1. The van der Waals surface area contributed by atoms with Crippen molar-refractivity contribution in [1.29, 1.82) is 0 Å². The average Bonchev–Trinajstić information content (AvgIpc) is 2.73. The number of hydrogen-bond donors (Lipinski definition) is 1. The first-order valence-corrected chi connectivity index (χ1v) is 7.74. The number of nitrogens with zero attached hydrogens (tertiary/aromatic N) is 3. The first-order valence-electron chi connectivity index (χ1n) is 7.36. The molecule has 0 unspecified atom stereocenters. The van der Waals surface area contributed by atoms with Gasteiger partial charge in [-0.15, -0.1) is 0 Å². The van der Waals surface area contributed by atoms with Crippen LogP contribution in [0.15, 0.2) is 24.4 Å².